The van der Waals surface area contributed by atoms with Crippen LogP contribution in [0.1, 0.15) is 17.2 Å². The lowest BCUT2D eigenvalue weighted by Gasteiger charge is -2.19. The lowest BCUT2D eigenvalue weighted by molar-refractivity contribution is 0.401. The summed E-state index contributed by atoms with van der Waals surface area (Å²) in [5, 5.41) is 3.16. The summed E-state index contributed by atoms with van der Waals surface area (Å²) in [5.41, 5.74) is 1.56. The zero-order chi connectivity index (χ0) is 14.5. The number of hydrogen-bond acceptors (Lipinski definition) is 2. The maximum atomic E-state index is 13.2. The second-order valence-corrected chi connectivity index (χ2v) is 4.57. The number of methoxy groups -OCH3 is 1. The lowest BCUT2D eigenvalue weighted by atomic mass is 9.98. The van der Waals surface area contributed by atoms with Gasteiger partial charge in [-0.3, -0.25) is 0 Å². The molecule has 2 aromatic rings. The number of ether oxygens (including phenoxy) is 1. The van der Waals surface area contributed by atoms with Gasteiger partial charge in [-0.05, 0) is 37.2 Å². The fourth-order valence-corrected chi connectivity index (χ4v) is 2.29. The van der Waals surface area contributed by atoms with Crippen molar-refractivity contribution in [3.05, 3.63) is 65.2 Å². The van der Waals surface area contributed by atoms with Gasteiger partial charge in [0, 0.05) is 17.7 Å². The Hall–Kier alpha value is -1.94. The van der Waals surface area contributed by atoms with Gasteiger partial charge in [0.25, 0.3) is 0 Å². The van der Waals surface area contributed by atoms with E-state index in [1.165, 1.54) is 12.1 Å². The third kappa shape index (κ3) is 3.33. The highest BCUT2D eigenvalue weighted by molar-refractivity contribution is 5.37. The van der Waals surface area contributed by atoms with Crippen molar-refractivity contribution in [2.45, 2.75) is 12.5 Å². The minimum atomic E-state index is -0.560. The lowest BCUT2D eigenvalue weighted by Crippen LogP contribution is -2.19. The summed E-state index contributed by atoms with van der Waals surface area (Å²) in [6.45, 7) is 0. The maximum absolute atomic E-state index is 13.2. The van der Waals surface area contributed by atoms with E-state index in [9.17, 15) is 8.78 Å². The molecular formula is C16H17F2NO. The molecule has 0 amide bonds. The van der Waals surface area contributed by atoms with Crippen LogP contribution >= 0.6 is 0 Å². The molecule has 106 valence electrons. The molecule has 0 aromatic heterocycles. The highest BCUT2D eigenvalue weighted by Gasteiger charge is 2.15. The smallest absolute Gasteiger partial charge is 0.126 e. The Labute approximate surface area is 117 Å². The van der Waals surface area contributed by atoms with Gasteiger partial charge in [-0.15, -0.1) is 0 Å². The average Bonchev–Trinajstić information content (AvgIpc) is 2.43. The van der Waals surface area contributed by atoms with Crippen LogP contribution in [0, 0.1) is 11.6 Å². The number of likely N-dealkylation sites (N-methyl/N-ethyl adjacent to an activating group) is 1. The molecule has 1 N–H and O–H groups in total. The van der Waals surface area contributed by atoms with E-state index in [0.717, 1.165) is 17.4 Å². The zero-order valence-electron chi connectivity index (χ0n) is 11.5. The maximum Gasteiger partial charge on any atom is 0.126 e. The Bertz CT molecular complexity index is 566. The molecule has 2 rings (SSSR count). The molecule has 0 saturated heterocycles. The van der Waals surface area contributed by atoms with Gasteiger partial charge in [-0.25, -0.2) is 8.78 Å². The Morgan fingerprint density at radius 3 is 2.35 bits per heavy atom. The molecule has 4 heteroatoms. The van der Waals surface area contributed by atoms with Gasteiger partial charge >= 0.3 is 0 Å². The van der Waals surface area contributed by atoms with Crippen LogP contribution in [0.2, 0.25) is 0 Å². The second-order valence-electron chi connectivity index (χ2n) is 4.57. The van der Waals surface area contributed by atoms with Crippen LogP contribution in [0.15, 0.2) is 42.5 Å². The Morgan fingerprint density at radius 1 is 1.10 bits per heavy atom. The Morgan fingerprint density at radius 2 is 1.75 bits per heavy atom. The number of hydrogen-bond donors (Lipinski definition) is 1. The summed E-state index contributed by atoms with van der Waals surface area (Å²) in [6.07, 6.45) is 0.478. The topological polar surface area (TPSA) is 21.3 Å². The first kappa shape index (κ1) is 14.5. The molecule has 0 bridgehead atoms. The van der Waals surface area contributed by atoms with E-state index in [-0.39, 0.29) is 6.04 Å². The molecule has 0 fully saturated rings. The van der Waals surface area contributed by atoms with Crippen molar-refractivity contribution in [2.75, 3.05) is 14.2 Å². The van der Waals surface area contributed by atoms with E-state index in [0.29, 0.717) is 12.0 Å². The Balaban J connectivity index is 2.28. The molecule has 0 radical (unpaired) electrons. The summed E-state index contributed by atoms with van der Waals surface area (Å²) in [6, 6.07) is 11.1. The highest BCUT2D eigenvalue weighted by Crippen LogP contribution is 2.27. The summed E-state index contributed by atoms with van der Waals surface area (Å²) < 4.78 is 31.8. The molecular weight excluding hydrogens is 260 g/mol. The van der Waals surface area contributed by atoms with Crippen LogP contribution < -0.4 is 10.1 Å². The van der Waals surface area contributed by atoms with Gasteiger partial charge in [0.2, 0.25) is 0 Å². The minimum Gasteiger partial charge on any atom is -0.496 e. The quantitative estimate of drug-likeness (QED) is 0.903. The SMILES string of the molecule is CNC(Cc1cc(F)cc(F)c1)c1ccccc1OC. The molecule has 0 heterocycles. The molecule has 0 saturated carbocycles. The van der Waals surface area contributed by atoms with E-state index in [1.807, 2.05) is 31.3 Å². The van der Waals surface area contributed by atoms with E-state index in [1.54, 1.807) is 7.11 Å². The van der Waals surface area contributed by atoms with Crippen LogP contribution in [-0.4, -0.2) is 14.2 Å². The van der Waals surface area contributed by atoms with Crippen LogP contribution in [0.3, 0.4) is 0 Å². The fourth-order valence-electron chi connectivity index (χ4n) is 2.29. The van der Waals surface area contributed by atoms with Gasteiger partial charge in [-0.2, -0.15) is 0 Å². The number of rotatable bonds is 5. The van der Waals surface area contributed by atoms with Crippen molar-refractivity contribution in [1.82, 2.24) is 5.32 Å². The third-order valence-electron chi connectivity index (χ3n) is 3.22. The predicted octanol–water partition coefficient (Wildman–Crippen LogP) is 3.48. The highest BCUT2D eigenvalue weighted by atomic mass is 19.1. The van der Waals surface area contributed by atoms with E-state index < -0.39 is 11.6 Å². The first-order chi connectivity index (χ1) is 9.63. The Kier molecular flexibility index (Phi) is 4.69. The van der Waals surface area contributed by atoms with Crippen molar-refractivity contribution in [2.24, 2.45) is 0 Å². The van der Waals surface area contributed by atoms with Crippen molar-refractivity contribution < 1.29 is 13.5 Å². The van der Waals surface area contributed by atoms with Crippen LogP contribution in [0.5, 0.6) is 5.75 Å². The molecule has 2 nitrogen and oxygen atoms in total. The molecule has 0 aliphatic rings. The van der Waals surface area contributed by atoms with Crippen molar-refractivity contribution in [1.29, 1.82) is 0 Å². The van der Waals surface area contributed by atoms with E-state index in [4.69, 9.17) is 4.74 Å². The van der Waals surface area contributed by atoms with Gasteiger partial charge in [0.1, 0.15) is 17.4 Å². The van der Waals surface area contributed by atoms with Gasteiger partial charge in [0.15, 0.2) is 0 Å². The molecule has 0 aliphatic carbocycles. The van der Waals surface area contributed by atoms with Crippen molar-refractivity contribution >= 4 is 0 Å². The van der Waals surface area contributed by atoms with Crippen LogP contribution in [0.4, 0.5) is 8.78 Å². The third-order valence-corrected chi connectivity index (χ3v) is 3.22. The summed E-state index contributed by atoms with van der Waals surface area (Å²) >= 11 is 0. The largest absolute Gasteiger partial charge is 0.496 e. The minimum absolute atomic E-state index is 0.0765. The molecule has 0 spiro atoms. The number of para-hydroxylation sites is 1. The number of nitrogens with one attached hydrogen (secondary N) is 1. The summed E-state index contributed by atoms with van der Waals surface area (Å²) in [5.74, 6) is -0.367. The van der Waals surface area contributed by atoms with Crippen molar-refractivity contribution in [3.63, 3.8) is 0 Å². The van der Waals surface area contributed by atoms with E-state index >= 15 is 0 Å². The van der Waals surface area contributed by atoms with Gasteiger partial charge < -0.3 is 10.1 Å². The monoisotopic (exact) mass is 277 g/mol. The molecule has 1 atom stereocenters. The molecule has 20 heavy (non-hydrogen) atoms. The molecule has 2 aromatic carbocycles. The fraction of sp³-hybridized carbons (Fsp3) is 0.250. The summed E-state index contributed by atoms with van der Waals surface area (Å²) in [7, 11) is 3.42. The molecule has 0 aliphatic heterocycles. The summed E-state index contributed by atoms with van der Waals surface area (Å²) in [4.78, 5) is 0. The second kappa shape index (κ2) is 6.48. The number of halogens is 2. The number of benzene rings is 2. The van der Waals surface area contributed by atoms with Crippen molar-refractivity contribution in [3.8, 4) is 5.75 Å². The van der Waals surface area contributed by atoms with Crippen LogP contribution in [-0.2, 0) is 6.42 Å². The van der Waals surface area contributed by atoms with Crippen LogP contribution in [0.25, 0.3) is 0 Å². The van der Waals surface area contributed by atoms with E-state index in [2.05, 4.69) is 5.32 Å². The predicted molar refractivity (Wildman–Crippen MR) is 74.9 cm³/mol. The first-order valence-electron chi connectivity index (χ1n) is 6.39. The zero-order valence-corrected chi connectivity index (χ0v) is 11.5. The standard InChI is InChI=1S/C16H17F2NO/c1-19-15(14-5-3-4-6-16(14)20-2)9-11-7-12(17)10-13(18)8-11/h3-8,10,15,19H,9H2,1-2H3. The van der Waals surface area contributed by atoms with Gasteiger partial charge in [0.05, 0.1) is 7.11 Å². The average molecular weight is 277 g/mol. The van der Waals surface area contributed by atoms with Gasteiger partial charge in [-0.1, -0.05) is 18.2 Å². The first-order valence-corrected chi connectivity index (χ1v) is 6.39. The molecule has 1 unspecified atom stereocenters. The normalized spacial score (nSPS) is 12.2.